The first-order valence-electron chi connectivity index (χ1n) is 5.81. The maximum absolute atomic E-state index is 12.2. The zero-order chi connectivity index (χ0) is 14.0. The highest BCUT2D eigenvalue weighted by molar-refractivity contribution is 9.10. The van der Waals surface area contributed by atoms with Crippen LogP contribution in [0.15, 0.2) is 45.3 Å². The van der Waals surface area contributed by atoms with Gasteiger partial charge in [-0.15, -0.1) is 0 Å². The fraction of sp³-hybridized carbons (Fsp3) is 0.133. The first-order valence-corrected chi connectivity index (χ1v) is 7.39. The van der Waals surface area contributed by atoms with Crippen LogP contribution in [-0.4, -0.2) is 5.91 Å². The molecule has 1 N–H and O–H groups in total. The minimum absolute atomic E-state index is 0.111. The van der Waals surface area contributed by atoms with Crippen LogP contribution in [0, 0.1) is 13.8 Å². The maximum Gasteiger partial charge on any atom is 0.255 e. The zero-order valence-corrected chi connectivity index (χ0v) is 13.8. The van der Waals surface area contributed by atoms with E-state index in [9.17, 15) is 4.79 Å². The van der Waals surface area contributed by atoms with Crippen molar-refractivity contribution in [2.45, 2.75) is 13.8 Å². The van der Waals surface area contributed by atoms with Gasteiger partial charge in [-0.2, -0.15) is 0 Å². The molecule has 0 aliphatic heterocycles. The molecule has 0 bridgehead atoms. The topological polar surface area (TPSA) is 29.1 Å². The number of carbonyl (C=O) groups excluding carboxylic acids is 1. The Morgan fingerprint density at radius 1 is 1.05 bits per heavy atom. The SMILES string of the molecule is Cc1cc(C)c(NC(=O)c2ccc(Br)cc2)c(Br)c1. The molecule has 0 heterocycles. The number of carbonyl (C=O) groups is 1. The van der Waals surface area contributed by atoms with Crippen molar-refractivity contribution in [3.05, 3.63) is 62.0 Å². The number of hydrogen-bond acceptors (Lipinski definition) is 1. The van der Waals surface area contributed by atoms with Crippen LogP contribution in [-0.2, 0) is 0 Å². The molecule has 0 unspecified atom stereocenters. The quantitative estimate of drug-likeness (QED) is 0.770. The van der Waals surface area contributed by atoms with Gasteiger partial charge in [0.2, 0.25) is 0 Å². The van der Waals surface area contributed by atoms with Gasteiger partial charge in [0.1, 0.15) is 0 Å². The first-order chi connectivity index (χ1) is 8.97. The minimum atomic E-state index is -0.111. The molecule has 2 rings (SSSR count). The molecular weight excluding hydrogens is 370 g/mol. The van der Waals surface area contributed by atoms with Gasteiger partial charge in [-0.3, -0.25) is 4.79 Å². The molecule has 0 saturated carbocycles. The Morgan fingerprint density at radius 2 is 1.68 bits per heavy atom. The summed E-state index contributed by atoms with van der Waals surface area (Å²) in [6.45, 7) is 4.01. The number of halogens is 2. The number of anilines is 1. The molecule has 0 aromatic heterocycles. The van der Waals surface area contributed by atoms with Crippen LogP contribution in [0.2, 0.25) is 0 Å². The normalized spacial score (nSPS) is 10.3. The lowest BCUT2D eigenvalue weighted by Crippen LogP contribution is -2.13. The summed E-state index contributed by atoms with van der Waals surface area (Å²) in [6, 6.07) is 11.3. The third-order valence-electron chi connectivity index (χ3n) is 2.78. The van der Waals surface area contributed by atoms with E-state index in [0.717, 1.165) is 25.8 Å². The van der Waals surface area contributed by atoms with E-state index in [0.29, 0.717) is 5.56 Å². The summed E-state index contributed by atoms with van der Waals surface area (Å²) < 4.78 is 1.85. The highest BCUT2D eigenvalue weighted by Crippen LogP contribution is 2.28. The van der Waals surface area contributed by atoms with Crippen molar-refractivity contribution in [3.63, 3.8) is 0 Å². The van der Waals surface area contributed by atoms with Crippen molar-refractivity contribution in [2.75, 3.05) is 5.32 Å². The Bertz CT molecular complexity index is 598. The van der Waals surface area contributed by atoms with Crippen molar-refractivity contribution in [3.8, 4) is 0 Å². The second-order valence-electron chi connectivity index (χ2n) is 4.40. The lowest BCUT2D eigenvalue weighted by molar-refractivity contribution is 0.102. The van der Waals surface area contributed by atoms with Crippen molar-refractivity contribution in [1.82, 2.24) is 0 Å². The summed E-state index contributed by atoms with van der Waals surface area (Å²) in [5.41, 5.74) is 3.65. The Kier molecular flexibility index (Phi) is 4.42. The van der Waals surface area contributed by atoms with Crippen molar-refractivity contribution < 1.29 is 4.79 Å². The van der Waals surface area contributed by atoms with Gasteiger partial charge in [-0.05, 0) is 71.2 Å². The number of nitrogens with one attached hydrogen (secondary N) is 1. The lowest BCUT2D eigenvalue weighted by atomic mass is 10.1. The predicted octanol–water partition coefficient (Wildman–Crippen LogP) is 5.08. The van der Waals surface area contributed by atoms with E-state index < -0.39 is 0 Å². The van der Waals surface area contributed by atoms with E-state index in [-0.39, 0.29) is 5.91 Å². The van der Waals surface area contributed by atoms with E-state index in [1.165, 1.54) is 0 Å². The summed E-state index contributed by atoms with van der Waals surface area (Å²) >= 11 is 6.84. The highest BCUT2D eigenvalue weighted by atomic mass is 79.9. The van der Waals surface area contributed by atoms with E-state index in [1.807, 2.05) is 38.1 Å². The van der Waals surface area contributed by atoms with Crippen molar-refractivity contribution in [2.24, 2.45) is 0 Å². The smallest absolute Gasteiger partial charge is 0.255 e. The van der Waals surface area contributed by atoms with Gasteiger partial charge in [-0.25, -0.2) is 0 Å². The Labute approximate surface area is 129 Å². The number of benzene rings is 2. The Balaban J connectivity index is 2.26. The lowest BCUT2D eigenvalue weighted by Gasteiger charge is -2.12. The summed E-state index contributed by atoms with van der Waals surface area (Å²) in [4.78, 5) is 12.2. The first kappa shape index (κ1) is 14.3. The van der Waals surface area contributed by atoms with Gasteiger partial charge in [0.15, 0.2) is 0 Å². The molecule has 0 radical (unpaired) electrons. The van der Waals surface area contributed by atoms with E-state index in [1.54, 1.807) is 12.1 Å². The molecule has 0 fully saturated rings. The number of aryl methyl sites for hydroxylation is 2. The van der Waals surface area contributed by atoms with Gasteiger partial charge >= 0.3 is 0 Å². The summed E-state index contributed by atoms with van der Waals surface area (Å²) in [6.07, 6.45) is 0. The molecule has 0 aliphatic carbocycles. The van der Waals surface area contributed by atoms with Crippen molar-refractivity contribution in [1.29, 1.82) is 0 Å². The minimum Gasteiger partial charge on any atom is -0.321 e. The number of rotatable bonds is 2. The molecule has 4 heteroatoms. The third-order valence-corrected chi connectivity index (χ3v) is 3.93. The molecule has 2 aromatic carbocycles. The number of hydrogen-bond donors (Lipinski definition) is 1. The predicted molar refractivity (Wildman–Crippen MR) is 85.7 cm³/mol. The average Bonchev–Trinajstić information content (AvgIpc) is 2.34. The van der Waals surface area contributed by atoms with Crippen LogP contribution >= 0.6 is 31.9 Å². The summed E-state index contributed by atoms with van der Waals surface area (Å²) in [5, 5.41) is 2.94. The van der Waals surface area contributed by atoms with E-state index >= 15 is 0 Å². The van der Waals surface area contributed by atoms with Crippen LogP contribution in [0.1, 0.15) is 21.5 Å². The van der Waals surface area contributed by atoms with Crippen LogP contribution in [0.25, 0.3) is 0 Å². The fourth-order valence-corrected chi connectivity index (χ4v) is 2.90. The Hall–Kier alpha value is -1.13. The van der Waals surface area contributed by atoms with Crippen LogP contribution < -0.4 is 5.32 Å². The van der Waals surface area contributed by atoms with E-state index in [2.05, 4.69) is 37.2 Å². The molecule has 0 spiro atoms. The van der Waals surface area contributed by atoms with Crippen LogP contribution in [0.3, 0.4) is 0 Å². The van der Waals surface area contributed by atoms with E-state index in [4.69, 9.17) is 0 Å². The summed E-state index contributed by atoms with van der Waals surface area (Å²) in [7, 11) is 0. The zero-order valence-electron chi connectivity index (χ0n) is 10.6. The number of amides is 1. The molecular formula is C15H13Br2NO. The second kappa shape index (κ2) is 5.88. The monoisotopic (exact) mass is 381 g/mol. The second-order valence-corrected chi connectivity index (χ2v) is 6.17. The van der Waals surface area contributed by atoms with Crippen LogP contribution in [0.4, 0.5) is 5.69 Å². The fourth-order valence-electron chi connectivity index (χ4n) is 1.86. The van der Waals surface area contributed by atoms with Gasteiger partial charge in [0.05, 0.1) is 5.69 Å². The Morgan fingerprint density at radius 3 is 2.26 bits per heavy atom. The molecule has 19 heavy (non-hydrogen) atoms. The summed E-state index contributed by atoms with van der Waals surface area (Å²) in [5.74, 6) is -0.111. The molecule has 1 amide bonds. The van der Waals surface area contributed by atoms with Crippen molar-refractivity contribution >= 4 is 43.5 Å². The molecule has 0 aliphatic rings. The molecule has 0 atom stereocenters. The van der Waals surface area contributed by atoms with Gasteiger partial charge in [0.25, 0.3) is 5.91 Å². The van der Waals surface area contributed by atoms with Gasteiger partial charge in [0, 0.05) is 14.5 Å². The van der Waals surface area contributed by atoms with Gasteiger partial charge in [-0.1, -0.05) is 22.0 Å². The molecule has 0 saturated heterocycles. The standard InChI is InChI=1S/C15H13Br2NO/c1-9-7-10(2)14(13(17)8-9)18-15(19)11-3-5-12(16)6-4-11/h3-8H,1-2H3,(H,18,19). The third kappa shape index (κ3) is 3.45. The van der Waals surface area contributed by atoms with Gasteiger partial charge < -0.3 is 5.32 Å². The molecule has 98 valence electrons. The molecule has 2 aromatic rings. The largest absolute Gasteiger partial charge is 0.321 e. The highest BCUT2D eigenvalue weighted by Gasteiger charge is 2.10. The molecule has 2 nitrogen and oxygen atoms in total. The average molecular weight is 383 g/mol. The van der Waals surface area contributed by atoms with Crippen LogP contribution in [0.5, 0.6) is 0 Å². The maximum atomic E-state index is 12.2.